The molecule has 0 aromatic heterocycles. The van der Waals surface area contributed by atoms with E-state index >= 15 is 0 Å². The Hall–Kier alpha value is 0.500. The summed E-state index contributed by atoms with van der Waals surface area (Å²) in [5.74, 6) is 1.96. The van der Waals surface area contributed by atoms with Crippen LogP contribution >= 0.6 is 39.8 Å². The van der Waals surface area contributed by atoms with Gasteiger partial charge in [-0.3, -0.25) is 0 Å². The minimum atomic E-state index is -0.974. The van der Waals surface area contributed by atoms with Crippen LogP contribution in [0.4, 0.5) is 0 Å². The van der Waals surface area contributed by atoms with Gasteiger partial charge in [-0.2, -0.15) is 18.5 Å². The minimum Gasteiger partial charge on any atom is -0.165 e. The topological polar surface area (TPSA) is 0 Å². The molecule has 0 spiro atoms. The highest BCUT2D eigenvalue weighted by atomic mass is 35.7. The molecule has 16 heavy (non-hydrogen) atoms. The summed E-state index contributed by atoms with van der Waals surface area (Å²) in [5.41, 5.74) is 2.64. The normalized spacial score (nSPS) is 14.9. The van der Waals surface area contributed by atoms with E-state index in [1.165, 1.54) is 11.1 Å². The van der Waals surface area contributed by atoms with E-state index in [-0.39, 0.29) is 0 Å². The predicted molar refractivity (Wildman–Crippen MR) is 84.4 cm³/mol. The van der Waals surface area contributed by atoms with Crippen LogP contribution < -0.4 is 0 Å². The van der Waals surface area contributed by atoms with Gasteiger partial charge in [0.25, 0.3) is 0 Å². The van der Waals surface area contributed by atoms with E-state index in [2.05, 4.69) is 49.3 Å². The van der Waals surface area contributed by atoms with Gasteiger partial charge in [0.05, 0.1) is 0 Å². The summed E-state index contributed by atoms with van der Waals surface area (Å²) in [6, 6.07) is 8.70. The predicted octanol–water partition coefficient (Wildman–Crippen LogP) is 5.12. The summed E-state index contributed by atoms with van der Waals surface area (Å²) in [5, 5.41) is 0. The maximum Gasteiger partial charge on any atom is 0.0146 e. The van der Waals surface area contributed by atoms with E-state index in [9.17, 15) is 0 Å². The lowest BCUT2D eigenvalue weighted by Gasteiger charge is -2.23. The minimum absolute atomic E-state index is 0.974. The molecule has 0 heterocycles. The third-order valence-corrected chi connectivity index (χ3v) is 4.74. The third kappa shape index (κ3) is 6.29. The van der Waals surface area contributed by atoms with Crippen molar-refractivity contribution in [3.63, 3.8) is 0 Å². The second kappa shape index (κ2) is 5.43. The molecule has 1 aromatic rings. The van der Waals surface area contributed by atoms with Crippen LogP contribution in [0, 0.1) is 0 Å². The molecular formula is C12H20Cl2S2. The van der Waals surface area contributed by atoms with Gasteiger partial charge in [-0.25, -0.2) is 0 Å². The third-order valence-electron chi connectivity index (χ3n) is 2.04. The van der Waals surface area contributed by atoms with Gasteiger partial charge in [-0.05, 0) is 36.1 Å². The quantitative estimate of drug-likeness (QED) is 0.723. The summed E-state index contributed by atoms with van der Waals surface area (Å²) in [6.07, 6.45) is 8.48. The SMILES string of the molecule is CS(C)(Cl)Cc1ccc(CS(C)(C)Cl)cc1. The Morgan fingerprint density at radius 3 is 1.19 bits per heavy atom. The van der Waals surface area contributed by atoms with Crippen molar-refractivity contribution in [1.29, 1.82) is 0 Å². The number of hydrogen-bond donors (Lipinski definition) is 0. The van der Waals surface area contributed by atoms with E-state index in [0.717, 1.165) is 11.5 Å². The van der Waals surface area contributed by atoms with Crippen LogP contribution in [0.15, 0.2) is 24.3 Å². The monoisotopic (exact) mass is 298 g/mol. The number of hydrogen-bond acceptors (Lipinski definition) is 0. The van der Waals surface area contributed by atoms with Gasteiger partial charge in [0.2, 0.25) is 0 Å². The van der Waals surface area contributed by atoms with Crippen molar-refractivity contribution in [3.8, 4) is 0 Å². The van der Waals surface area contributed by atoms with Gasteiger partial charge in [0, 0.05) is 11.5 Å². The van der Waals surface area contributed by atoms with E-state index in [4.69, 9.17) is 21.4 Å². The maximum absolute atomic E-state index is 6.28. The number of benzene rings is 1. The lowest BCUT2D eigenvalue weighted by atomic mass is 10.2. The second-order valence-electron chi connectivity index (χ2n) is 4.91. The lowest BCUT2D eigenvalue weighted by molar-refractivity contribution is 1.33. The first kappa shape index (κ1) is 14.6. The summed E-state index contributed by atoms with van der Waals surface area (Å²) < 4.78 is 0. The molecule has 0 fully saturated rings. The number of rotatable bonds is 4. The smallest absolute Gasteiger partial charge is 0.0146 e. The summed E-state index contributed by atoms with van der Waals surface area (Å²) >= 11 is 0. The fraction of sp³-hybridized carbons (Fsp3) is 0.500. The molecule has 0 N–H and O–H groups in total. The van der Waals surface area contributed by atoms with Crippen LogP contribution in [-0.4, -0.2) is 25.0 Å². The fourth-order valence-electron chi connectivity index (χ4n) is 1.52. The average Bonchev–Trinajstić information content (AvgIpc) is 2.03. The van der Waals surface area contributed by atoms with Crippen molar-refractivity contribution >= 4 is 39.8 Å². The van der Waals surface area contributed by atoms with Gasteiger partial charge < -0.3 is 0 Å². The van der Waals surface area contributed by atoms with Gasteiger partial charge in [-0.15, -0.1) is 0 Å². The molecule has 94 valence electrons. The van der Waals surface area contributed by atoms with Crippen molar-refractivity contribution in [2.24, 2.45) is 0 Å². The summed E-state index contributed by atoms with van der Waals surface area (Å²) in [6.45, 7) is 0. The van der Waals surface area contributed by atoms with Crippen LogP contribution in [0.3, 0.4) is 0 Å². The largest absolute Gasteiger partial charge is 0.165 e. The molecular weight excluding hydrogens is 279 g/mol. The molecule has 0 aliphatic rings. The molecule has 0 unspecified atom stereocenters. The van der Waals surface area contributed by atoms with Crippen LogP contribution in [0.5, 0.6) is 0 Å². The molecule has 0 aliphatic heterocycles. The van der Waals surface area contributed by atoms with E-state index in [0.29, 0.717) is 0 Å². The molecule has 0 amide bonds. The molecule has 1 rings (SSSR count). The first-order valence-electron chi connectivity index (χ1n) is 5.05. The van der Waals surface area contributed by atoms with Crippen molar-refractivity contribution in [2.75, 3.05) is 25.0 Å². The van der Waals surface area contributed by atoms with Gasteiger partial charge in [-0.1, -0.05) is 45.6 Å². The molecule has 0 radical (unpaired) electrons. The Kier molecular flexibility index (Phi) is 4.94. The highest BCUT2D eigenvalue weighted by Crippen LogP contribution is 2.50. The Labute approximate surface area is 111 Å². The Morgan fingerprint density at radius 1 is 0.750 bits per heavy atom. The molecule has 0 aliphatic carbocycles. The maximum atomic E-state index is 6.28. The lowest BCUT2D eigenvalue weighted by Crippen LogP contribution is -1.94. The summed E-state index contributed by atoms with van der Waals surface area (Å²) in [4.78, 5) is 0. The zero-order chi connectivity index (χ0) is 12.4. The second-order valence-corrected chi connectivity index (χ2v) is 16.1. The van der Waals surface area contributed by atoms with Crippen molar-refractivity contribution in [2.45, 2.75) is 11.5 Å². The molecule has 0 bridgehead atoms. The molecule has 1 aromatic carbocycles. The zero-order valence-corrected chi connectivity index (χ0v) is 13.4. The van der Waals surface area contributed by atoms with E-state index in [1.54, 1.807) is 0 Å². The zero-order valence-electron chi connectivity index (χ0n) is 10.3. The fourth-order valence-corrected chi connectivity index (χ4v) is 4.25. The van der Waals surface area contributed by atoms with E-state index in [1.807, 2.05) is 0 Å². The molecule has 4 heteroatoms. The Balaban J connectivity index is 2.69. The van der Waals surface area contributed by atoms with Crippen molar-refractivity contribution in [1.82, 2.24) is 0 Å². The van der Waals surface area contributed by atoms with Crippen LogP contribution in [0.1, 0.15) is 11.1 Å². The van der Waals surface area contributed by atoms with Gasteiger partial charge in [0.15, 0.2) is 0 Å². The molecule has 0 nitrogen and oxygen atoms in total. The highest BCUT2D eigenvalue weighted by Gasteiger charge is 2.10. The standard InChI is InChI=1S/C12H20Cl2S2/c1-15(2,13)9-11-5-7-12(8-6-11)10-16(3,4)14/h5-8H,9-10H2,1-4H3. The van der Waals surface area contributed by atoms with Crippen LogP contribution in [-0.2, 0) is 11.5 Å². The summed E-state index contributed by atoms with van der Waals surface area (Å²) in [7, 11) is 10.6. The van der Waals surface area contributed by atoms with Crippen molar-refractivity contribution < 1.29 is 0 Å². The average molecular weight is 299 g/mol. The Morgan fingerprint density at radius 2 is 1.00 bits per heavy atom. The van der Waals surface area contributed by atoms with Gasteiger partial charge >= 0.3 is 0 Å². The van der Waals surface area contributed by atoms with Gasteiger partial charge in [0.1, 0.15) is 0 Å². The number of halogens is 2. The Bertz CT molecular complexity index is 299. The first-order chi connectivity index (χ1) is 7.16. The van der Waals surface area contributed by atoms with Crippen LogP contribution in [0.25, 0.3) is 0 Å². The van der Waals surface area contributed by atoms with E-state index < -0.39 is 18.5 Å². The first-order valence-corrected chi connectivity index (χ1v) is 11.9. The van der Waals surface area contributed by atoms with Crippen LogP contribution in [0.2, 0.25) is 0 Å². The highest BCUT2D eigenvalue weighted by molar-refractivity contribution is 8.50. The molecule has 0 atom stereocenters. The molecule has 0 saturated heterocycles. The molecule has 0 saturated carbocycles. The van der Waals surface area contributed by atoms with Crippen molar-refractivity contribution in [3.05, 3.63) is 35.4 Å².